The molecule has 1 aromatic rings. The Morgan fingerprint density at radius 1 is 1.35 bits per heavy atom. The first-order valence-corrected chi connectivity index (χ1v) is 6.34. The quantitative estimate of drug-likeness (QED) is 0.796. The number of hydrogen-bond acceptors (Lipinski definition) is 3. The molecule has 1 aromatic carbocycles. The molecular weight excluding hydrogens is 259 g/mol. The number of amides is 1. The lowest BCUT2D eigenvalue weighted by atomic mass is 9.91. The summed E-state index contributed by atoms with van der Waals surface area (Å²) in [5.74, 6) is -1.98. The number of ketones is 1. The molecule has 1 aliphatic rings. The van der Waals surface area contributed by atoms with Crippen molar-refractivity contribution in [1.82, 2.24) is 0 Å². The van der Waals surface area contributed by atoms with E-state index < -0.39 is 22.9 Å². The second kappa shape index (κ2) is 4.71. The van der Waals surface area contributed by atoms with Gasteiger partial charge in [0.1, 0.15) is 5.82 Å². The predicted octanol–water partition coefficient (Wildman–Crippen LogP) is 2.60. The maximum absolute atomic E-state index is 14.0. The summed E-state index contributed by atoms with van der Waals surface area (Å²) in [6.07, 6.45) is 0.370. The Hall–Kier alpha value is -2.22. The van der Waals surface area contributed by atoms with Gasteiger partial charge in [0.2, 0.25) is 0 Å². The molecule has 5 heteroatoms. The van der Waals surface area contributed by atoms with Crippen LogP contribution < -0.4 is 4.90 Å². The number of nitrogens with zero attached hydrogens (tertiary/aromatic N) is 2. The largest absolute Gasteiger partial charge is 0.302 e. The second-order valence-corrected chi connectivity index (χ2v) is 5.67. The van der Waals surface area contributed by atoms with E-state index in [1.807, 2.05) is 0 Å². The summed E-state index contributed by atoms with van der Waals surface area (Å²) < 4.78 is 14.0. The third-order valence-electron chi connectivity index (χ3n) is 3.42. The molecule has 0 spiro atoms. The number of carbonyl (C=O) groups excluding carboxylic acids is 2. The maximum Gasteiger partial charge on any atom is 0.299 e. The molecule has 0 saturated heterocycles. The SMILES string of the molecule is Cc1cc(F)c2c(c1)C(=O)C(=O)N2CCC(C)(C)C#N. The average Bonchev–Trinajstić information content (AvgIpc) is 2.61. The summed E-state index contributed by atoms with van der Waals surface area (Å²) in [6, 6.07) is 4.94. The summed E-state index contributed by atoms with van der Waals surface area (Å²) in [5.41, 5.74) is 0.121. The zero-order valence-electron chi connectivity index (χ0n) is 11.7. The number of halogens is 1. The Morgan fingerprint density at radius 3 is 2.60 bits per heavy atom. The number of aryl methyl sites for hydroxylation is 1. The van der Waals surface area contributed by atoms with E-state index >= 15 is 0 Å². The second-order valence-electron chi connectivity index (χ2n) is 5.67. The lowest BCUT2D eigenvalue weighted by Crippen LogP contribution is -2.33. The number of nitriles is 1. The molecule has 1 aliphatic heterocycles. The summed E-state index contributed by atoms with van der Waals surface area (Å²) in [4.78, 5) is 25.0. The minimum absolute atomic E-state index is 0.0411. The van der Waals surface area contributed by atoms with Gasteiger partial charge in [0.05, 0.1) is 22.7 Å². The van der Waals surface area contributed by atoms with Gasteiger partial charge in [-0.1, -0.05) is 0 Å². The molecule has 1 heterocycles. The van der Waals surface area contributed by atoms with Crippen LogP contribution in [0.15, 0.2) is 12.1 Å². The highest BCUT2D eigenvalue weighted by Crippen LogP contribution is 2.34. The molecule has 104 valence electrons. The van der Waals surface area contributed by atoms with Gasteiger partial charge in [-0.25, -0.2) is 4.39 Å². The number of anilines is 1. The Balaban J connectivity index is 2.37. The minimum Gasteiger partial charge on any atom is -0.302 e. The molecule has 0 fully saturated rings. The minimum atomic E-state index is -0.724. The third-order valence-corrected chi connectivity index (χ3v) is 3.42. The van der Waals surface area contributed by atoms with Gasteiger partial charge in [-0.15, -0.1) is 0 Å². The lowest BCUT2D eigenvalue weighted by Gasteiger charge is -2.21. The van der Waals surface area contributed by atoms with Crippen molar-refractivity contribution in [1.29, 1.82) is 5.26 Å². The fraction of sp³-hybridized carbons (Fsp3) is 0.400. The molecule has 0 aliphatic carbocycles. The number of hydrogen-bond donors (Lipinski definition) is 0. The molecule has 0 aromatic heterocycles. The van der Waals surface area contributed by atoms with Crippen LogP contribution in [-0.2, 0) is 4.79 Å². The zero-order valence-corrected chi connectivity index (χ0v) is 11.7. The number of carbonyl (C=O) groups is 2. The lowest BCUT2D eigenvalue weighted by molar-refractivity contribution is -0.114. The monoisotopic (exact) mass is 274 g/mol. The van der Waals surface area contributed by atoms with E-state index in [0.717, 1.165) is 4.90 Å². The summed E-state index contributed by atoms with van der Waals surface area (Å²) in [6.45, 7) is 5.30. The molecule has 1 amide bonds. The molecule has 2 rings (SSSR count). The molecule has 0 bridgehead atoms. The van der Waals surface area contributed by atoms with E-state index in [-0.39, 0.29) is 17.8 Å². The van der Waals surface area contributed by atoms with Crippen molar-refractivity contribution >= 4 is 17.4 Å². The fourth-order valence-corrected chi connectivity index (χ4v) is 2.18. The van der Waals surface area contributed by atoms with Gasteiger partial charge in [0.15, 0.2) is 0 Å². The number of rotatable bonds is 3. The highest BCUT2D eigenvalue weighted by molar-refractivity contribution is 6.52. The number of Topliss-reactive ketones (excluding diaryl/α,β-unsaturated/α-hetero) is 1. The van der Waals surface area contributed by atoms with Crippen LogP contribution in [0.4, 0.5) is 10.1 Å². The zero-order chi connectivity index (χ0) is 15.1. The van der Waals surface area contributed by atoms with Crippen molar-refractivity contribution < 1.29 is 14.0 Å². The summed E-state index contributed by atoms with van der Waals surface area (Å²) in [7, 11) is 0. The van der Waals surface area contributed by atoms with Crippen molar-refractivity contribution in [3.05, 3.63) is 29.1 Å². The van der Waals surface area contributed by atoms with Gasteiger partial charge in [0, 0.05) is 6.54 Å². The van der Waals surface area contributed by atoms with Gasteiger partial charge < -0.3 is 4.90 Å². The average molecular weight is 274 g/mol. The van der Waals surface area contributed by atoms with Crippen molar-refractivity contribution in [3.8, 4) is 6.07 Å². The van der Waals surface area contributed by atoms with E-state index in [0.29, 0.717) is 12.0 Å². The molecule has 4 nitrogen and oxygen atoms in total. The van der Waals surface area contributed by atoms with Crippen LogP contribution in [-0.4, -0.2) is 18.2 Å². The highest BCUT2D eigenvalue weighted by Gasteiger charge is 2.38. The Bertz CT molecular complexity index is 644. The first kappa shape index (κ1) is 14.2. The summed E-state index contributed by atoms with van der Waals surface area (Å²) >= 11 is 0. The molecule has 0 atom stereocenters. The van der Waals surface area contributed by atoms with Crippen molar-refractivity contribution in [2.75, 3.05) is 11.4 Å². The standard InChI is InChI=1S/C15H15FN2O2/c1-9-6-10-12(11(16)7-9)18(14(20)13(10)19)5-4-15(2,3)8-17/h6-7H,4-5H2,1-3H3. The Labute approximate surface area is 116 Å². The predicted molar refractivity (Wildman–Crippen MR) is 71.8 cm³/mol. The van der Waals surface area contributed by atoms with Crippen molar-refractivity contribution in [2.24, 2.45) is 5.41 Å². The molecule has 0 radical (unpaired) electrons. The van der Waals surface area contributed by atoms with Crippen LogP contribution in [0.1, 0.15) is 36.2 Å². The third kappa shape index (κ3) is 2.29. The van der Waals surface area contributed by atoms with E-state index in [1.54, 1.807) is 20.8 Å². The Morgan fingerprint density at radius 2 is 2.00 bits per heavy atom. The Kier molecular flexibility index (Phi) is 3.34. The van der Waals surface area contributed by atoms with E-state index in [2.05, 4.69) is 6.07 Å². The molecule has 0 N–H and O–H groups in total. The van der Waals surface area contributed by atoms with Gasteiger partial charge >= 0.3 is 0 Å². The molecule has 20 heavy (non-hydrogen) atoms. The van der Waals surface area contributed by atoms with Crippen molar-refractivity contribution in [2.45, 2.75) is 27.2 Å². The first-order valence-electron chi connectivity index (χ1n) is 6.34. The van der Waals surface area contributed by atoms with Crippen LogP contribution in [0.5, 0.6) is 0 Å². The normalized spacial score (nSPS) is 14.4. The van der Waals surface area contributed by atoms with E-state index in [9.17, 15) is 14.0 Å². The molecule has 0 saturated carbocycles. The number of fused-ring (bicyclic) bond motifs is 1. The van der Waals surface area contributed by atoms with Gasteiger partial charge in [-0.2, -0.15) is 5.26 Å². The topological polar surface area (TPSA) is 61.2 Å². The van der Waals surface area contributed by atoms with Crippen LogP contribution in [0.2, 0.25) is 0 Å². The molecular formula is C15H15FN2O2. The highest BCUT2D eigenvalue weighted by atomic mass is 19.1. The number of benzene rings is 1. The van der Waals surface area contributed by atoms with Crippen LogP contribution >= 0.6 is 0 Å². The van der Waals surface area contributed by atoms with Gasteiger partial charge in [-0.3, -0.25) is 9.59 Å². The van der Waals surface area contributed by atoms with E-state index in [4.69, 9.17) is 5.26 Å². The van der Waals surface area contributed by atoms with Crippen LogP contribution in [0, 0.1) is 29.5 Å². The first-order chi connectivity index (χ1) is 9.26. The maximum atomic E-state index is 14.0. The van der Waals surface area contributed by atoms with Crippen LogP contribution in [0.25, 0.3) is 0 Å². The smallest absolute Gasteiger partial charge is 0.299 e. The molecule has 0 unspecified atom stereocenters. The van der Waals surface area contributed by atoms with Gasteiger partial charge in [-0.05, 0) is 44.9 Å². The van der Waals surface area contributed by atoms with E-state index in [1.165, 1.54) is 12.1 Å². The van der Waals surface area contributed by atoms with Crippen molar-refractivity contribution in [3.63, 3.8) is 0 Å². The van der Waals surface area contributed by atoms with Crippen LogP contribution in [0.3, 0.4) is 0 Å². The summed E-state index contributed by atoms with van der Waals surface area (Å²) in [5, 5.41) is 8.98. The fourth-order valence-electron chi connectivity index (χ4n) is 2.18. The van der Waals surface area contributed by atoms with Gasteiger partial charge in [0.25, 0.3) is 11.7 Å².